The molecule has 1 amide bonds. The third kappa shape index (κ3) is 6.14. The molecule has 2 aromatic rings. The van der Waals surface area contributed by atoms with Crippen molar-refractivity contribution in [3.05, 3.63) is 59.7 Å². The van der Waals surface area contributed by atoms with E-state index in [1.165, 1.54) is 0 Å². The van der Waals surface area contributed by atoms with Crippen molar-refractivity contribution in [3.63, 3.8) is 0 Å². The molecule has 0 unspecified atom stereocenters. The predicted octanol–water partition coefficient (Wildman–Crippen LogP) is 2.72. The van der Waals surface area contributed by atoms with Crippen LogP contribution in [0.3, 0.4) is 0 Å². The van der Waals surface area contributed by atoms with E-state index in [1.807, 2.05) is 38.1 Å². The maximum atomic E-state index is 12.5. The number of nitrogens with one attached hydrogen (secondary N) is 1. The lowest BCUT2D eigenvalue weighted by Crippen LogP contribution is -2.48. The Hall–Kier alpha value is -2.22. The minimum absolute atomic E-state index is 0.00908. The molecule has 1 N–H and O–H groups in total. The van der Waals surface area contributed by atoms with Crippen molar-refractivity contribution in [3.8, 4) is 0 Å². The fourth-order valence-corrected chi connectivity index (χ4v) is 5.11. The molecule has 0 bridgehead atoms. The average Bonchev–Trinajstić information content (AvgIpc) is 2.73. The first-order chi connectivity index (χ1) is 14.3. The topological polar surface area (TPSA) is 69.7 Å². The van der Waals surface area contributed by atoms with Crippen LogP contribution in [0.1, 0.15) is 17.5 Å². The van der Waals surface area contributed by atoms with Gasteiger partial charge in [-0.1, -0.05) is 36.4 Å². The van der Waals surface area contributed by atoms with Gasteiger partial charge >= 0.3 is 0 Å². The van der Waals surface area contributed by atoms with Crippen LogP contribution in [0, 0.1) is 13.8 Å². The molecule has 0 aliphatic carbocycles. The summed E-state index contributed by atoms with van der Waals surface area (Å²) in [4.78, 5) is 17.3. The lowest BCUT2D eigenvalue weighted by Gasteiger charge is -2.34. The van der Waals surface area contributed by atoms with E-state index in [2.05, 4.69) is 15.1 Å². The molecule has 1 aliphatic heterocycles. The van der Waals surface area contributed by atoms with Crippen LogP contribution < -0.4 is 5.32 Å². The summed E-state index contributed by atoms with van der Waals surface area (Å²) >= 11 is 0. The number of hydrogen-bond acceptors (Lipinski definition) is 5. The number of amides is 1. The van der Waals surface area contributed by atoms with Crippen molar-refractivity contribution >= 4 is 21.4 Å². The lowest BCUT2D eigenvalue weighted by atomic mass is 10.1. The Kier molecular flexibility index (Phi) is 7.64. The van der Waals surface area contributed by atoms with Crippen LogP contribution in [-0.4, -0.2) is 69.1 Å². The van der Waals surface area contributed by atoms with E-state index in [4.69, 9.17) is 0 Å². The smallest absolute Gasteiger partial charge is 0.238 e. The van der Waals surface area contributed by atoms with Crippen molar-refractivity contribution in [2.45, 2.75) is 25.2 Å². The summed E-state index contributed by atoms with van der Waals surface area (Å²) < 4.78 is 24.7. The summed E-state index contributed by atoms with van der Waals surface area (Å²) in [6.45, 7) is 8.46. The van der Waals surface area contributed by atoms with Gasteiger partial charge < -0.3 is 10.2 Å². The van der Waals surface area contributed by atoms with Crippen LogP contribution in [0.15, 0.2) is 53.4 Å². The summed E-state index contributed by atoms with van der Waals surface area (Å²) in [6.07, 6.45) is 0.615. The summed E-state index contributed by atoms with van der Waals surface area (Å²) in [5.74, 6) is 0.171. The Bertz CT molecular complexity index is 933. The highest BCUT2D eigenvalue weighted by molar-refractivity contribution is 7.91. The molecule has 1 saturated heterocycles. The van der Waals surface area contributed by atoms with E-state index in [9.17, 15) is 13.2 Å². The molecule has 1 heterocycles. The fraction of sp³-hybridized carbons (Fsp3) is 0.435. The van der Waals surface area contributed by atoms with E-state index in [-0.39, 0.29) is 11.7 Å². The third-order valence-electron chi connectivity index (χ3n) is 5.57. The van der Waals surface area contributed by atoms with Gasteiger partial charge in [-0.3, -0.25) is 9.69 Å². The Labute approximate surface area is 179 Å². The zero-order chi connectivity index (χ0) is 21.6. The normalized spacial score (nSPS) is 15.8. The number of carbonyl (C=O) groups excluding carboxylic acids is 1. The summed E-state index contributed by atoms with van der Waals surface area (Å²) in [7, 11) is -3.21. The molecule has 0 atom stereocenters. The van der Waals surface area contributed by atoms with Crippen LogP contribution in [0.4, 0.5) is 5.69 Å². The number of sulfone groups is 1. The minimum Gasteiger partial charge on any atom is -0.324 e. The monoisotopic (exact) mass is 429 g/mol. The van der Waals surface area contributed by atoms with E-state index in [0.29, 0.717) is 17.9 Å². The standard InChI is InChI=1S/C23H31N3O3S/c1-19-8-6-9-20(2)23(19)24-22(27)18-26-15-13-25(14-16-26)12-7-17-30(28,29)21-10-4-3-5-11-21/h3-6,8-11H,7,12-18H2,1-2H3,(H,24,27). The largest absolute Gasteiger partial charge is 0.324 e. The quantitative estimate of drug-likeness (QED) is 0.699. The molecule has 162 valence electrons. The highest BCUT2D eigenvalue weighted by Crippen LogP contribution is 2.19. The molecule has 0 radical (unpaired) electrons. The maximum Gasteiger partial charge on any atom is 0.238 e. The Morgan fingerprint density at radius 2 is 1.50 bits per heavy atom. The molecule has 2 aromatic carbocycles. The highest BCUT2D eigenvalue weighted by atomic mass is 32.2. The first kappa shape index (κ1) is 22.5. The second kappa shape index (κ2) is 10.2. The number of hydrogen-bond donors (Lipinski definition) is 1. The van der Waals surface area contributed by atoms with Crippen LogP contribution in [0.25, 0.3) is 0 Å². The van der Waals surface area contributed by atoms with Gasteiger partial charge in [0.05, 0.1) is 17.2 Å². The van der Waals surface area contributed by atoms with E-state index >= 15 is 0 Å². The number of aryl methyl sites for hydroxylation is 2. The zero-order valence-corrected chi connectivity index (χ0v) is 18.6. The van der Waals surface area contributed by atoms with Gasteiger partial charge in [0.25, 0.3) is 0 Å². The number of rotatable bonds is 8. The van der Waals surface area contributed by atoms with Crippen molar-refractivity contribution in [1.82, 2.24) is 9.80 Å². The molecule has 0 spiro atoms. The zero-order valence-electron chi connectivity index (χ0n) is 17.8. The highest BCUT2D eigenvalue weighted by Gasteiger charge is 2.20. The third-order valence-corrected chi connectivity index (χ3v) is 7.38. The fourth-order valence-electron chi connectivity index (χ4n) is 3.79. The van der Waals surface area contributed by atoms with Gasteiger partial charge in [-0.25, -0.2) is 8.42 Å². The lowest BCUT2D eigenvalue weighted by molar-refractivity contribution is -0.117. The molecule has 1 aliphatic rings. The molecule has 1 fully saturated rings. The molecule has 3 rings (SSSR count). The molecular formula is C23H31N3O3S. The number of anilines is 1. The van der Waals surface area contributed by atoms with E-state index < -0.39 is 9.84 Å². The number of nitrogens with zero attached hydrogens (tertiary/aromatic N) is 2. The number of para-hydroxylation sites is 1. The molecular weight excluding hydrogens is 398 g/mol. The molecule has 0 saturated carbocycles. The SMILES string of the molecule is Cc1cccc(C)c1NC(=O)CN1CCN(CCCS(=O)(=O)c2ccccc2)CC1. The summed E-state index contributed by atoms with van der Waals surface area (Å²) in [5, 5.41) is 3.04. The molecule has 30 heavy (non-hydrogen) atoms. The van der Waals surface area contributed by atoms with Gasteiger partial charge in [0.1, 0.15) is 0 Å². The number of benzene rings is 2. The molecule has 6 nitrogen and oxygen atoms in total. The van der Waals surface area contributed by atoms with Crippen molar-refractivity contribution in [2.24, 2.45) is 0 Å². The van der Waals surface area contributed by atoms with Gasteiger partial charge in [0, 0.05) is 31.9 Å². The maximum absolute atomic E-state index is 12.5. The van der Waals surface area contributed by atoms with E-state index in [0.717, 1.165) is 49.5 Å². The first-order valence-electron chi connectivity index (χ1n) is 10.4. The Morgan fingerprint density at radius 1 is 0.900 bits per heavy atom. The molecule has 7 heteroatoms. The van der Waals surface area contributed by atoms with Crippen LogP contribution >= 0.6 is 0 Å². The van der Waals surface area contributed by atoms with Crippen molar-refractivity contribution < 1.29 is 13.2 Å². The van der Waals surface area contributed by atoms with Crippen LogP contribution in [-0.2, 0) is 14.6 Å². The van der Waals surface area contributed by atoms with Gasteiger partial charge in [0.15, 0.2) is 9.84 Å². The number of piperazine rings is 1. The average molecular weight is 430 g/mol. The first-order valence-corrected chi connectivity index (χ1v) is 12.1. The summed E-state index contributed by atoms with van der Waals surface area (Å²) in [6, 6.07) is 14.6. The molecule has 0 aromatic heterocycles. The van der Waals surface area contributed by atoms with Gasteiger partial charge in [0.2, 0.25) is 5.91 Å². The Balaban J connectivity index is 1.39. The van der Waals surface area contributed by atoms with Crippen LogP contribution in [0.5, 0.6) is 0 Å². The van der Waals surface area contributed by atoms with Crippen LogP contribution in [0.2, 0.25) is 0 Å². The van der Waals surface area contributed by atoms with Gasteiger partial charge in [-0.05, 0) is 50.1 Å². The minimum atomic E-state index is -3.21. The second-order valence-corrected chi connectivity index (χ2v) is 10.0. The predicted molar refractivity (Wildman–Crippen MR) is 121 cm³/mol. The second-order valence-electron chi connectivity index (χ2n) is 7.92. The summed E-state index contributed by atoms with van der Waals surface area (Å²) in [5.41, 5.74) is 3.04. The van der Waals surface area contributed by atoms with E-state index in [1.54, 1.807) is 24.3 Å². The number of carbonyl (C=O) groups is 1. The van der Waals surface area contributed by atoms with Crippen molar-refractivity contribution in [1.29, 1.82) is 0 Å². The van der Waals surface area contributed by atoms with Gasteiger partial charge in [-0.15, -0.1) is 0 Å². The van der Waals surface area contributed by atoms with Crippen molar-refractivity contribution in [2.75, 3.05) is 50.3 Å². The van der Waals surface area contributed by atoms with Gasteiger partial charge in [-0.2, -0.15) is 0 Å². The Morgan fingerprint density at radius 3 is 2.13 bits per heavy atom.